The Labute approximate surface area is 101 Å². The molecule has 0 saturated carbocycles. The van der Waals surface area contributed by atoms with Crippen LogP contribution >= 0.6 is 0 Å². The molecule has 2 heterocycles. The summed E-state index contributed by atoms with van der Waals surface area (Å²) in [7, 11) is 0. The molecule has 17 heavy (non-hydrogen) atoms. The molecule has 2 amide bonds. The third-order valence-corrected chi connectivity index (χ3v) is 3.51. The fourth-order valence-corrected chi connectivity index (χ4v) is 2.58. The summed E-state index contributed by atoms with van der Waals surface area (Å²) in [4.78, 5) is 25.4. The van der Waals surface area contributed by atoms with Crippen molar-refractivity contribution in [1.29, 1.82) is 0 Å². The van der Waals surface area contributed by atoms with E-state index in [4.69, 9.17) is 4.74 Å². The smallest absolute Gasteiger partial charge is 0.245 e. The Balaban J connectivity index is 2.07. The average molecular weight is 240 g/mol. The number of carbonyl (C=O) groups excluding carboxylic acids is 2. The fraction of sp³-hybridized carbons (Fsp3) is 0.833. The Bertz CT molecular complexity index is 319. The van der Waals surface area contributed by atoms with Crippen molar-refractivity contribution in [2.45, 2.75) is 51.3 Å². The van der Waals surface area contributed by atoms with Crippen LogP contribution in [0.2, 0.25) is 0 Å². The first-order chi connectivity index (χ1) is 8.08. The van der Waals surface area contributed by atoms with Crippen molar-refractivity contribution in [2.24, 2.45) is 0 Å². The number of hydrogen-bond acceptors (Lipinski definition) is 3. The molecule has 3 unspecified atom stereocenters. The maximum atomic E-state index is 12.2. The highest BCUT2D eigenvalue weighted by molar-refractivity contribution is 5.89. The van der Waals surface area contributed by atoms with Gasteiger partial charge in [0.05, 0.1) is 6.10 Å². The van der Waals surface area contributed by atoms with Crippen molar-refractivity contribution in [3.05, 3.63) is 0 Å². The molecule has 0 bridgehead atoms. The molecule has 0 aromatic rings. The maximum absolute atomic E-state index is 12.2. The van der Waals surface area contributed by atoms with E-state index in [1.165, 1.54) is 0 Å². The van der Waals surface area contributed by atoms with Crippen LogP contribution in [-0.4, -0.2) is 48.1 Å². The van der Waals surface area contributed by atoms with Gasteiger partial charge in [-0.15, -0.1) is 0 Å². The van der Waals surface area contributed by atoms with E-state index in [-0.39, 0.29) is 24.0 Å². The van der Waals surface area contributed by atoms with Gasteiger partial charge in [-0.25, -0.2) is 0 Å². The highest BCUT2D eigenvalue weighted by Gasteiger charge is 2.33. The highest BCUT2D eigenvalue weighted by atomic mass is 16.5. The maximum Gasteiger partial charge on any atom is 0.245 e. The normalized spacial score (nSPS) is 35.4. The zero-order valence-electron chi connectivity index (χ0n) is 10.4. The second-order valence-electron chi connectivity index (χ2n) is 4.93. The topological polar surface area (TPSA) is 58.6 Å². The number of carbonyl (C=O) groups is 2. The number of amides is 2. The summed E-state index contributed by atoms with van der Waals surface area (Å²) < 4.78 is 5.49. The monoisotopic (exact) mass is 240 g/mol. The molecule has 0 radical (unpaired) electrons. The summed E-state index contributed by atoms with van der Waals surface area (Å²) in [5.41, 5.74) is 0. The summed E-state index contributed by atoms with van der Waals surface area (Å²) in [6.07, 6.45) is 2.34. The molecule has 2 aliphatic heterocycles. The van der Waals surface area contributed by atoms with Gasteiger partial charge in [-0.1, -0.05) is 0 Å². The van der Waals surface area contributed by atoms with Crippen LogP contribution in [0.4, 0.5) is 0 Å². The Morgan fingerprint density at radius 2 is 2.12 bits per heavy atom. The SMILES string of the molecule is CC1CC(N2CCC(=O)NC(C)C2=O)CCO1. The Morgan fingerprint density at radius 1 is 1.35 bits per heavy atom. The van der Waals surface area contributed by atoms with Crippen LogP contribution in [-0.2, 0) is 14.3 Å². The molecule has 0 aliphatic carbocycles. The van der Waals surface area contributed by atoms with Crippen LogP contribution in [0, 0.1) is 0 Å². The first-order valence-electron chi connectivity index (χ1n) is 6.29. The average Bonchev–Trinajstić information content (AvgIpc) is 2.40. The van der Waals surface area contributed by atoms with Crippen LogP contribution < -0.4 is 5.32 Å². The van der Waals surface area contributed by atoms with Crippen molar-refractivity contribution in [1.82, 2.24) is 10.2 Å². The third-order valence-electron chi connectivity index (χ3n) is 3.51. The molecule has 0 aromatic heterocycles. The van der Waals surface area contributed by atoms with Gasteiger partial charge < -0.3 is 15.0 Å². The molecular weight excluding hydrogens is 220 g/mol. The van der Waals surface area contributed by atoms with E-state index in [9.17, 15) is 9.59 Å². The number of nitrogens with one attached hydrogen (secondary N) is 1. The van der Waals surface area contributed by atoms with Gasteiger partial charge in [0, 0.05) is 25.6 Å². The fourth-order valence-electron chi connectivity index (χ4n) is 2.58. The largest absolute Gasteiger partial charge is 0.378 e. The second-order valence-corrected chi connectivity index (χ2v) is 4.93. The molecule has 96 valence electrons. The number of hydrogen-bond donors (Lipinski definition) is 1. The third kappa shape index (κ3) is 2.77. The molecule has 3 atom stereocenters. The van der Waals surface area contributed by atoms with Gasteiger partial charge in [-0.2, -0.15) is 0 Å². The number of ether oxygens (including phenoxy) is 1. The van der Waals surface area contributed by atoms with E-state index in [1.54, 1.807) is 6.92 Å². The first-order valence-corrected chi connectivity index (χ1v) is 6.29. The zero-order valence-corrected chi connectivity index (χ0v) is 10.4. The predicted molar refractivity (Wildman–Crippen MR) is 62.4 cm³/mol. The van der Waals surface area contributed by atoms with Gasteiger partial charge in [-0.05, 0) is 26.7 Å². The van der Waals surface area contributed by atoms with Gasteiger partial charge in [0.15, 0.2) is 0 Å². The standard InChI is InChI=1S/C12H20N2O3/c1-8-7-10(4-6-17-8)14-5-3-11(15)13-9(2)12(14)16/h8-10H,3-7H2,1-2H3,(H,13,15). The lowest BCUT2D eigenvalue weighted by Crippen LogP contribution is -2.49. The lowest BCUT2D eigenvalue weighted by Gasteiger charge is -2.36. The predicted octanol–water partition coefficient (Wildman–Crippen LogP) is 0.291. The molecule has 2 rings (SSSR count). The van der Waals surface area contributed by atoms with Crippen LogP contribution in [0.15, 0.2) is 0 Å². The molecule has 1 N–H and O–H groups in total. The van der Waals surface area contributed by atoms with Crippen molar-refractivity contribution in [3.8, 4) is 0 Å². The summed E-state index contributed by atoms with van der Waals surface area (Å²) in [5.74, 6) is 0.00316. The Morgan fingerprint density at radius 3 is 2.82 bits per heavy atom. The first kappa shape index (κ1) is 12.4. The van der Waals surface area contributed by atoms with E-state index in [0.717, 1.165) is 12.8 Å². The molecule has 0 spiro atoms. The van der Waals surface area contributed by atoms with E-state index >= 15 is 0 Å². The van der Waals surface area contributed by atoms with Crippen LogP contribution in [0.5, 0.6) is 0 Å². The molecule has 2 saturated heterocycles. The van der Waals surface area contributed by atoms with Crippen LogP contribution in [0.25, 0.3) is 0 Å². The van der Waals surface area contributed by atoms with E-state index in [2.05, 4.69) is 5.32 Å². The van der Waals surface area contributed by atoms with E-state index in [0.29, 0.717) is 19.6 Å². The number of rotatable bonds is 1. The van der Waals surface area contributed by atoms with Gasteiger partial charge in [0.25, 0.3) is 0 Å². The minimum atomic E-state index is -0.400. The van der Waals surface area contributed by atoms with Crippen LogP contribution in [0.3, 0.4) is 0 Å². The second kappa shape index (κ2) is 5.04. The summed E-state index contributed by atoms with van der Waals surface area (Å²) in [6.45, 7) is 5.01. The lowest BCUT2D eigenvalue weighted by atomic mass is 10.0. The molecule has 5 nitrogen and oxygen atoms in total. The van der Waals surface area contributed by atoms with Gasteiger partial charge >= 0.3 is 0 Å². The van der Waals surface area contributed by atoms with E-state index in [1.807, 2.05) is 11.8 Å². The summed E-state index contributed by atoms with van der Waals surface area (Å²) in [6, 6.07) is -0.176. The zero-order chi connectivity index (χ0) is 12.4. The Kier molecular flexibility index (Phi) is 3.66. The summed E-state index contributed by atoms with van der Waals surface area (Å²) >= 11 is 0. The molecular formula is C12H20N2O3. The van der Waals surface area contributed by atoms with Crippen LogP contribution in [0.1, 0.15) is 33.1 Å². The van der Waals surface area contributed by atoms with Crippen molar-refractivity contribution in [2.75, 3.05) is 13.2 Å². The van der Waals surface area contributed by atoms with E-state index < -0.39 is 6.04 Å². The Hall–Kier alpha value is -1.10. The van der Waals surface area contributed by atoms with Gasteiger partial charge in [0.1, 0.15) is 6.04 Å². The minimum Gasteiger partial charge on any atom is -0.378 e. The van der Waals surface area contributed by atoms with Gasteiger partial charge in [-0.3, -0.25) is 9.59 Å². The lowest BCUT2D eigenvalue weighted by molar-refractivity contribution is -0.137. The van der Waals surface area contributed by atoms with Crippen molar-refractivity contribution < 1.29 is 14.3 Å². The number of nitrogens with zero attached hydrogens (tertiary/aromatic N) is 1. The van der Waals surface area contributed by atoms with Crippen molar-refractivity contribution in [3.63, 3.8) is 0 Å². The molecule has 2 aliphatic rings. The highest BCUT2D eigenvalue weighted by Crippen LogP contribution is 2.21. The minimum absolute atomic E-state index is 0.0338. The molecule has 5 heteroatoms. The molecule has 2 fully saturated rings. The molecule has 0 aromatic carbocycles. The van der Waals surface area contributed by atoms with Gasteiger partial charge in [0.2, 0.25) is 11.8 Å². The van der Waals surface area contributed by atoms with Crippen molar-refractivity contribution >= 4 is 11.8 Å². The quantitative estimate of drug-likeness (QED) is 0.716. The summed E-state index contributed by atoms with van der Waals surface area (Å²) in [5, 5.41) is 2.71.